The molecule has 1 rings (SSSR count). The maximum absolute atomic E-state index is 11.9. The molecular formula is C7HBr2F3N2O. The quantitative estimate of drug-likeness (QED) is 0.733. The number of rotatable bonds is 1. The number of alkyl halides is 3. The number of aromatic nitrogens is 1. The number of ether oxygens (including phenoxy) is 1. The first-order valence-corrected chi connectivity index (χ1v) is 4.94. The topological polar surface area (TPSA) is 45.9 Å². The van der Waals surface area contributed by atoms with Gasteiger partial charge in [-0.3, -0.25) is 0 Å². The van der Waals surface area contributed by atoms with Crippen molar-refractivity contribution in [2.45, 2.75) is 6.36 Å². The molecule has 1 aromatic heterocycles. The van der Waals surface area contributed by atoms with Crippen LogP contribution in [-0.2, 0) is 0 Å². The van der Waals surface area contributed by atoms with E-state index < -0.39 is 12.1 Å². The van der Waals surface area contributed by atoms with Gasteiger partial charge in [-0.25, -0.2) is 4.98 Å². The van der Waals surface area contributed by atoms with Gasteiger partial charge >= 0.3 is 6.36 Å². The Hall–Kier alpha value is -0.810. The largest absolute Gasteiger partial charge is 0.573 e. The SMILES string of the molecule is N#Cc1cc(OC(F)(F)F)c(Br)nc1Br. The summed E-state index contributed by atoms with van der Waals surface area (Å²) in [7, 11) is 0. The third-order valence-corrected chi connectivity index (χ3v) is 2.42. The Bertz CT molecular complexity index is 427. The number of nitrogens with zero attached hydrogens (tertiary/aromatic N) is 2. The van der Waals surface area contributed by atoms with Crippen LogP contribution in [0.25, 0.3) is 0 Å². The summed E-state index contributed by atoms with van der Waals surface area (Å²) in [5, 5.41) is 8.56. The zero-order valence-electron chi connectivity index (χ0n) is 6.77. The molecule has 0 radical (unpaired) electrons. The number of nitriles is 1. The molecule has 0 amide bonds. The first-order valence-electron chi connectivity index (χ1n) is 3.35. The van der Waals surface area contributed by atoms with E-state index in [9.17, 15) is 13.2 Å². The van der Waals surface area contributed by atoms with Crippen LogP contribution in [0.2, 0.25) is 0 Å². The van der Waals surface area contributed by atoms with E-state index in [0.717, 1.165) is 6.07 Å². The van der Waals surface area contributed by atoms with Crippen LogP contribution >= 0.6 is 31.9 Å². The molecule has 15 heavy (non-hydrogen) atoms. The summed E-state index contributed by atoms with van der Waals surface area (Å²) in [5.74, 6) is -0.553. The molecule has 1 aromatic rings. The number of hydrogen-bond acceptors (Lipinski definition) is 3. The second kappa shape index (κ2) is 4.37. The Labute approximate surface area is 99.1 Å². The van der Waals surface area contributed by atoms with E-state index in [1.807, 2.05) is 0 Å². The molecular weight excluding hydrogens is 345 g/mol. The molecule has 0 aliphatic heterocycles. The van der Waals surface area contributed by atoms with Crippen LogP contribution in [0, 0.1) is 11.3 Å². The van der Waals surface area contributed by atoms with Gasteiger partial charge < -0.3 is 4.74 Å². The monoisotopic (exact) mass is 344 g/mol. The van der Waals surface area contributed by atoms with Gasteiger partial charge in [-0.15, -0.1) is 13.2 Å². The van der Waals surface area contributed by atoms with Gasteiger partial charge in [-0.2, -0.15) is 5.26 Å². The lowest BCUT2D eigenvalue weighted by atomic mass is 10.3. The van der Waals surface area contributed by atoms with Gasteiger partial charge in [0.15, 0.2) is 5.75 Å². The molecule has 0 N–H and O–H groups in total. The highest BCUT2D eigenvalue weighted by atomic mass is 79.9. The molecule has 0 saturated heterocycles. The summed E-state index contributed by atoms with van der Waals surface area (Å²) in [4.78, 5) is 3.61. The average molecular weight is 346 g/mol. The maximum Gasteiger partial charge on any atom is 0.573 e. The first-order chi connectivity index (χ1) is 6.83. The van der Waals surface area contributed by atoms with Gasteiger partial charge in [-0.1, -0.05) is 0 Å². The fraction of sp³-hybridized carbons (Fsp3) is 0.143. The molecule has 1 heterocycles. The lowest BCUT2D eigenvalue weighted by Gasteiger charge is -2.10. The van der Waals surface area contributed by atoms with Crippen LogP contribution in [0.1, 0.15) is 5.56 Å². The molecule has 0 bridgehead atoms. The van der Waals surface area contributed by atoms with Gasteiger partial charge in [0.1, 0.15) is 15.3 Å². The van der Waals surface area contributed by atoms with Gasteiger partial charge in [0.2, 0.25) is 0 Å². The highest BCUT2D eigenvalue weighted by Crippen LogP contribution is 2.32. The molecule has 0 atom stereocenters. The highest BCUT2D eigenvalue weighted by Gasteiger charge is 2.32. The van der Waals surface area contributed by atoms with Crippen LogP contribution in [0.15, 0.2) is 15.3 Å². The van der Waals surface area contributed by atoms with Gasteiger partial charge in [0.25, 0.3) is 0 Å². The molecule has 8 heteroatoms. The molecule has 0 saturated carbocycles. The Morgan fingerprint density at radius 3 is 2.40 bits per heavy atom. The van der Waals surface area contributed by atoms with Crippen molar-refractivity contribution in [1.82, 2.24) is 4.98 Å². The van der Waals surface area contributed by atoms with Crippen LogP contribution in [0.4, 0.5) is 13.2 Å². The molecule has 80 valence electrons. The van der Waals surface area contributed by atoms with Crippen molar-refractivity contribution in [2.75, 3.05) is 0 Å². The van der Waals surface area contributed by atoms with Crippen LogP contribution in [-0.4, -0.2) is 11.3 Å². The van der Waals surface area contributed by atoms with Crippen molar-refractivity contribution in [2.24, 2.45) is 0 Å². The minimum Gasteiger partial charge on any atom is -0.403 e. The minimum atomic E-state index is -4.81. The summed E-state index contributed by atoms with van der Waals surface area (Å²) in [6, 6.07) is 2.61. The summed E-state index contributed by atoms with van der Waals surface area (Å²) in [6.07, 6.45) is -4.81. The Balaban J connectivity index is 3.15. The Morgan fingerprint density at radius 2 is 1.93 bits per heavy atom. The smallest absolute Gasteiger partial charge is 0.403 e. The first kappa shape index (κ1) is 12.3. The standard InChI is InChI=1S/C7HBr2F3N2O/c8-5-3(2-13)1-4(6(9)14-5)15-7(10,11)12/h1H. The molecule has 0 aliphatic rings. The normalized spacial score (nSPS) is 10.9. The van der Waals surface area contributed by atoms with Crippen molar-refractivity contribution in [3.63, 3.8) is 0 Å². The summed E-state index contributed by atoms with van der Waals surface area (Å²) >= 11 is 5.71. The highest BCUT2D eigenvalue weighted by molar-refractivity contribution is 9.11. The lowest BCUT2D eigenvalue weighted by molar-refractivity contribution is -0.275. The van der Waals surface area contributed by atoms with E-state index in [0.29, 0.717) is 0 Å². The third kappa shape index (κ3) is 3.35. The van der Waals surface area contributed by atoms with Gasteiger partial charge in [-0.05, 0) is 31.9 Å². The Kier molecular flexibility index (Phi) is 3.57. The van der Waals surface area contributed by atoms with Crippen molar-refractivity contribution in [3.8, 4) is 11.8 Å². The minimum absolute atomic E-state index is 0.0440. The number of halogens is 5. The number of pyridine rings is 1. The van der Waals surface area contributed by atoms with Crippen LogP contribution in [0.3, 0.4) is 0 Å². The Morgan fingerprint density at radius 1 is 1.33 bits per heavy atom. The van der Waals surface area contributed by atoms with E-state index in [-0.39, 0.29) is 14.8 Å². The average Bonchev–Trinajstić information content (AvgIpc) is 2.07. The van der Waals surface area contributed by atoms with E-state index in [4.69, 9.17) is 5.26 Å². The van der Waals surface area contributed by atoms with Gasteiger partial charge in [0.05, 0.1) is 5.56 Å². The maximum atomic E-state index is 11.9. The van der Waals surface area contributed by atoms with E-state index in [1.54, 1.807) is 6.07 Å². The molecule has 0 fully saturated rings. The summed E-state index contributed by atoms with van der Waals surface area (Å²) in [5.41, 5.74) is -0.0440. The fourth-order valence-corrected chi connectivity index (χ4v) is 1.72. The molecule has 3 nitrogen and oxygen atoms in total. The predicted molar refractivity (Wildman–Crippen MR) is 51.0 cm³/mol. The van der Waals surface area contributed by atoms with Crippen molar-refractivity contribution >= 4 is 31.9 Å². The van der Waals surface area contributed by atoms with E-state index >= 15 is 0 Å². The van der Waals surface area contributed by atoms with E-state index in [1.165, 1.54) is 0 Å². The zero-order valence-corrected chi connectivity index (χ0v) is 9.94. The molecule has 0 unspecified atom stereocenters. The van der Waals surface area contributed by atoms with Crippen LogP contribution < -0.4 is 4.74 Å². The summed E-state index contributed by atoms with van der Waals surface area (Å²) in [6.45, 7) is 0. The van der Waals surface area contributed by atoms with Crippen molar-refractivity contribution in [1.29, 1.82) is 5.26 Å². The molecule has 0 spiro atoms. The fourth-order valence-electron chi connectivity index (χ4n) is 0.726. The second-order valence-electron chi connectivity index (χ2n) is 2.28. The van der Waals surface area contributed by atoms with Gasteiger partial charge in [0, 0.05) is 6.07 Å². The predicted octanol–water partition coefficient (Wildman–Crippen LogP) is 3.38. The molecule has 0 aromatic carbocycles. The molecule has 0 aliphatic carbocycles. The number of hydrogen-bond donors (Lipinski definition) is 0. The van der Waals surface area contributed by atoms with Crippen molar-refractivity contribution < 1.29 is 17.9 Å². The third-order valence-electron chi connectivity index (χ3n) is 1.24. The second-order valence-corrected chi connectivity index (χ2v) is 3.78. The zero-order chi connectivity index (χ0) is 11.6. The summed E-state index contributed by atoms with van der Waals surface area (Å²) < 4.78 is 39.3. The van der Waals surface area contributed by atoms with Crippen molar-refractivity contribution in [3.05, 3.63) is 20.8 Å². The van der Waals surface area contributed by atoms with Crippen LogP contribution in [0.5, 0.6) is 5.75 Å². The van der Waals surface area contributed by atoms with E-state index in [2.05, 4.69) is 41.6 Å². The lowest BCUT2D eigenvalue weighted by Crippen LogP contribution is -2.17.